The van der Waals surface area contributed by atoms with E-state index in [0.29, 0.717) is 37.0 Å². The van der Waals surface area contributed by atoms with Gasteiger partial charge >= 0.3 is 0 Å². The van der Waals surface area contributed by atoms with Crippen molar-refractivity contribution in [2.75, 3.05) is 43.6 Å². The normalized spacial score (nSPS) is 13.3. The molecule has 0 saturated carbocycles. The molecule has 2 atom stereocenters. The maximum atomic E-state index is 11.0. The van der Waals surface area contributed by atoms with E-state index in [1.807, 2.05) is 41.5 Å². The minimum atomic E-state index is -2.69. The molecule has 0 aromatic carbocycles. The zero-order valence-corrected chi connectivity index (χ0v) is 25.3. The Morgan fingerprint density at radius 3 is 0.765 bits per heavy atom. The molecule has 0 aromatic rings. The molecule has 0 rings (SSSR count). The summed E-state index contributed by atoms with van der Waals surface area (Å²) in [6.45, 7) is 12.6. The third kappa shape index (κ3) is 34.6. The van der Waals surface area contributed by atoms with Crippen LogP contribution in [-0.2, 0) is 13.7 Å². The van der Waals surface area contributed by atoms with Crippen molar-refractivity contribution >= 4 is 22.1 Å². The van der Waals surface area contributed by atoms with Gasteiger partial charge in [-0.1, -0.05) is 41.5 Å². The fraction of sp³-hybridized carbons (Fsp3) is 1.00. The van der Waals surface area contributed by atoms with Crippen molar-refractivity contribution in [2.24, 2.45) is 0 Å². The van der Waals surface area contributed by atoms with Gasteiger partial charge in [0.15, 0.2) is 0 Å². The van der Waals surface area contributed by atoms with E-state index in [1.54, 1.807) is 0 Å². The highest BCUT2D eigenvalue weighted by Gasteiger charge is 2.15. The lowest BCUT2D eigenvalue weighted by molar-refractivity contribution is -0.00425. The number of hydrogen-bond acceptors (Lipinski definition) is 6. The van der Waals surface area contributed by atoms with Crippen molar-refractivity contribution in [1.29, 1.82) is 0 Å². The Morgan fingerprint density at radius 2 is 0.706 bits per heavy atom. The second kappa shape index (κ2) is 25.1. The number of aliphatic hydroxyl groups excluding tert-OH is 3. The average Bonchev–Trinajstić information content (AvgIpc) is 2.68. The molecule has 34 heavy (non-hydrogen) atoms. The lowest BCUT2D eigenvalue weighted by Gasteiger charge is -2.07. The molecule has 0 aliphatic heterocycles. The highest BCUT2D eigenvalue weighted by Crippen LogP contribution is 2.42. The average molecular weight is 557 g/mol. The number of hydrogen-bond donors (Lipinski definition) is 6. The largest absolute Gasteiger partial charge is 0.394 e. The monoisotopic (exact) mass is 556 g/mol. The molecule has 0 fully saturated rings. The Labute approximate surface area is 208 Å². The molecular weight excluding hydrogens is 501 g/mol. The Balaban J connectivity index is -0.000000177. The van der Waals surface area contributed by atoms with Crippen LogP contribution in [-0.4, -0.2) is 85.8 Å². The van der Waals surface area contributed by atoms with Crippen molar-refractivity contribution in [3.63, 3.8) is 0 Å². The van der Waals surface area contributed by atoms with Gasteiger partial charge in [-0.05, 0) is 45.4 Å². The second-order valence-corrected chi connectivity index (χ2v) is 16.1. The van der Waals surface area contributed by atoms with Crippen LogP contribution >= 0.6 is 22.1 Å². The van der Waals surface area contributed by atoms with E-state index in [9.17, 15) is 13.7 Å². The molecule has 0 amide bonds. The SMILES string of the molecule is CC(O)C(O)CO.CCCP(=O)(O)CCC.CCCP(=O)(O)CCC.CCCP(=O)(O)CCC. The van der Waals surface area contributed by atoms with Crippen LogP contribution in [0.1, 0.15) is 87.0 Å². The van der Waals surface area contributed by atoms with E-state index >= 15 is 0 Å². The van der Waals surface area contributed by atoms with E-state index in [0.717, 1.165) is 38.5 Å². The molecule has 212 valence electrons. The van der Waals surface area contributed by atoms with E-state index in [2.05, 4.69) is 0 Å². The first-order valence-corrected chi connectivity index (χ1v) is 18.5. The zero-order chi connectivity index (χ0) is 27.8. The minimum Gasteiger partial charge on any atom is -0.394 e. The fourth-order valence-electron chi connectivity index (χ4n) is 2.58. The summed E-state index contributed by atoms with van der Waals surface area (Å²) in [6.07, 6.45) is 5.99. The van der Waals surface area contributed by atoms with Crippen LogP contribution in [0.15, 0.2) is 0 Å². The minimum absolute atomic E-state index is 0.377. The van der Waals surface area contributed by atoms with E-state index in [4.69, 9.17) is 30.0 Å². The Kier molecular flexibility index (Phi) is 30.7. The third-order valence-corrected chi connectivity index (χ3v) is 11.1. The lowest BCUT2D eigenvalue weighted by atomic mass is 10.2. The van der Waals surface area contributed by atoms with Gasteiger partial charge in [0.1, 0.15) is 6.10 Å². The van der Waals surface area contributed by atoms with Crippen LogP contribution in [0.2, 0.25) is 0 Å². The molecule has 2 unspecified atom stereocenters. The Hall–Kier alpha value is 0.450. The van der Waals surface area contributed by atoms with Crippen molar-refractivity contribution in [3.8, 4) is 0 Å². The summed E-state index contributed by atoms with van der Waals surface area (Å²) in [5.41, 5.74) is 0. The van der Waals surface area contributed by atoms with Crippen molar-refractivity contribution < 1.29 is 43.7 Å². The van der Waals surface area contributed by atoms with Gasteiger partial charge in [0.2, 0.25) is 22.1 Å². The molecule has 0 spiro atoms. The third-order valence-electron chi connectivity index (χ3n) is 4.18. The maximum Gasteiger partial charge on any atom is 0.200 e. The van der Waals surface area contributed by atoms with E-state index in [1.165, 1.54) is 6.92 Å². The van der Waals surface area contributed by atoms with Crippen LogP contribution < -0.4 is 0 Å². The Bertz CT molecular complexity index is 475. The lowest BCUT2D eigenvalue weighted by Crippen LogP contribution is -2.25. The maximum absolute atomic E-state index is 11.0. The number of aliphatic hydroxyl groups is 3. The van der Waals surface area contributed by atoms with Gasteiger partial charge in [-0.2, -0.15) is 0 Å². The summed E-state index contributed by atoms with van der Waals surface area (Å²) in [7, 11) is -8.08. The van der Waals surface area contributed by atoms with Crippen molar-refractivity contribution in [2.45, 2.75) is 99.2 Å². The summed E-state index contributed by atoms with van der Waals surface area (Å²) >= 11 is 0. The van der Waals surface area contributed by atoms with Gasteiger partial charge in [0.25, 0.3) is 0 Å². The van der Waals surface area contributed by atoms with Gasteiger partial charge in [-0.25, -0.2) is 0 Å². The van der Waals surface area contributed by atoms with Crippen LogP contribution in [0.5, 0.6) is 0 Å². The van der Waals surface area contributed by atoms with Crippen LogP contribution in [0.25, 0.3) is 0 Å². The van der Waals surface area contributed by atoms with E-state index < -0.39 is 34.3 Å². The first-order valence-electron chi connectivity index (χ1n) is 12.4. The predicted molar refractivity (Wildman–Crippen MR) is 145 cm³/mol. The molecule has 0 heterocycles. The zero-order valence-electron chi connectivity index (χ0n) is 22.6. The van der Waals surface area contributed by atoms with Gasteiger partial charge in [0, 0.05) is 37.0 Å². The molecule has 6 N–H and O–H groups in total. The summed E-state index contributed by atoms with van der Waals surface area (Å²) < 4.78 is 32.9. The molecule has 9 nitrogen and oxygen atoms in total. The topological polar surface area (TPSA) is 173 Å². The van der Waals surface area contributed by atoms with Gasteiger partial charge in [-0.15, -0.1) is 0 Å². The first-order chi connectivity index (χ1) is 15.5. The fourth-order valence-corrected chi connectivity index (χ4v) is 7.45. The highest BCUT2D eigenvalue weighted by atomic mass is 31.2. The van der Waals surface area contributed by atoms with Crippen molar-refractivity contribution in [1.82, 2.24) is 0 Å². The van der Waals surface area contributed by atoms with Gasteiger partial charge < -0.3 is 30.0 Å². The molecular formula is C22H55O9P3. The standard InChI is InChI=1S/3C6H15O2P.C4H10O3/c3*1-3-5-9(7,8)6-4-2;1-3(6)4(7)2-5/h3*3-6H2,1-2H3,(H,7,8);3-7H,2H2,1H3. The van der Waals surface area contributed by atoms with Gasteiger partial charge in [0.05, 0.1) is 12.7 Å². The quantitative estimate of drug-likeness (QED) is 0.162. The molecule has 0 aromatic heterocycles. The van der Waals surface area contributed by atoms with Crippen LogP contribution in [0.4, 0.5) is 0 Å². The second-order valence-electron chi connectivity index (χ2n) is 8.37. The van der Waals surface area contributed by atoms with Crippen LogP contribution in [0, 0.1) is 0 Å². The predicted octanol–water partition coefficient (Wildman–Crippen LogP) is 4.95. The molecule has 0 aliphatic carbocycles. The highest BCUT2D eigenvalue weighted by molar-refractivity contribution is 7.58. The van der Waals surface area contributed by atoms with E-state index in [-0.39, 0.29) is 6.61 Å². The molecule has 0 radical (unpaired) electrons. The van der Waals surface area contributed by atoms with Crippen molar-refractivity contribution in [3.05, 3.63) is 0 Å². The summed E-state index contributed by atoms with van der Waals surface area (Å²) in [5, 5.41) is 24.9. The smallest absolute Gasteiger partial charge is 0.200 e. The summed E-state index contributed by atoms with van der Waals surface area (Å²) in [6, 6.07) is 0. The van der Waals surface area contributed by atoms with Crippen LogP contribution in [0.3, 0.4) is 0 Å². The molecule has 0 bridgehead atoms. The summed E-state index contributed by atoms with van der Waals surface area (Å²) in [5.74, 6) is 0. The summed E-state index contributed by atoms with van der Waals surface area (Å²) in [4.78, 5) is 27.2. The first kappa shape index (κ1) is 41.6. The van der Waals surface area contributed by atoms with Gasteiger partial charge in [-0.3, -0.25) is 13.7 Å². The molecule has 0 aliphatic rings. The Morgan fingerprint density at radius 1 is 0.529 bits per heavy atom. The molecule has 0 saturated heterocycles. The molecule has 12 heteroatoms. The number of rotatable bonds is 14.